The Hall–Kier alpha value is -2.36. The molecule has 5 rings (SSSR count). The number of carbonyl (C=O) groups is 4. The first-order chi connectivity index (χ1) is 20.7. The van der Waals surface area contributed by atoms with Crippen LogP contribution in [-0.2, 0) is 23.9 Å². The second-order valence-corrected chi connectivity index (χ2v) is 16.1. The number of rotatable bonds is 8. The molecule has 0 radical (unpaired) electrons. The van der Waals surface area contributed by atoms with Gasteiger partial charge in [0.2, 0.25) is 17.7 Å². The maximum Gasteiger partial charge on any atom is 0.410 e. The van der Waals surface area contributed by atoms with Crippen LogP contribution in [0.2, 0.25) is 0 Å². The molecule has 0 aromatic carbocycles. The van der Waals surface area contributed by atoms with Crippen LogP contribution in [0.1, 0.15) is 99.3 Å². The van der Waals surface area contributed by atoms with E-state index in [1.54, 1.807) is 4.90 Å². The lowest BCUT2D eigenvalue weighted by molar-refractivity contribution is -0.153. The molecule has 3 aliphatic heterocycles. The summed E-state index contributed by atoms with van der Waals surface area (Å²) < 4.78 is 12.0. The zero-order valence-electron chi connectivity index (χ0n) is 28.0. The van der Waals surface area contributed by atoms with Crippen molar-refractivity contribution in [3.05, 3.63) is 0 Å². The van der Waals surface area contributed by atoms with Crippen molar-refractivity contribution in [3.63, 3.8) is 0 Å². The van der Waals surface area contributed by atoms with Gasteiger partial charge in [-0.2, -0.15) is 0 Å². The Labute approximate surface area is 263 Å². The SMILES string of the molecule is C[C@@H](OCC1CCCCC1)[C@H](NC(=O)[C@@H]1CN(C(=O)OC(C)(C)C)CC12CN(C(=O)[C@H]1CC1(C)C)C2)C(=O)N1CCCCC1. The van der Waals surface area contributed by atoms with E-state index in [1.807, 2.05) is 37.5 Å². The lowest BCUT2D eigenvalue weighted by atomic mass is 9.70. The van der Waals surface area contributed by atoms with Crippen LogP contribution in [0.25, 0.3) is 0 Å². The average Bonchev–Trinajstić information content (AvgIpc) is 3.41. The van der Waals surface area contributed by atoms with Gasteiger partial charge in [0.05, 0.1) is 12.0 Å². The lowest BCUT2D eigenvalue weighted by Gasteiger charge is -2.50. The summed E-state index contributed by atoms with van der Waals surface area (Å²) in [7, 11) is 0. The van der Waals surface area contributed by atoms with E-state index in [0.29, 0.717) is 45.2 Å². The topological polar surface area (TPSA) is 108 Å². The van der Waals surface area contributed by atoms with Crippen molar-refractivity contribution in [2.75, 3.05) is 45.9 Å². The number of ether oxygens (including phenoxy) is 2. The van der Waals surface area contributed by atoms with Gasteiger partial charge in [-0.15, -0.1) is 0 Å². The Morgan fingerprint density at radius 3 is 2.05 bits per heavy atom. The Balaban J connectivity index is 1.31. The van der Waals surface area contributed by atoms with E-state index in [9.17, 15) is 19.2 Å². The molecule has 5 fully saturated rings. The van der Waals surface area contributed by atoms with Gasteiger partial charge in [0.25, 0.3) is 0 Å². The summed E-state index contributed by atoms with van der Waals surface area (Å²) in [5.41, 5.74) is -1.22. The van der Waals surface area contributed by atoms with Crippen molar-refractivity contribution < 1.29 is 28.7 Å². The van der Waals surface area contributed by atoms with E-state index in [4.69, 9.17) is 9.47 Å². The highest BCUT2D eigenvalue weighted by molar-refractivity contribution is 5.91. The molecule has 248 valence electrons. The summed E-state index contributed by atoms with van der Waals surface area (Å²) >= 11 is 0. The molecule has 0 aromatic rings. The van der Waals surface area contributed by atoms with E-state index in [1.165, 1.54) is 19.3 Å². The first-order valence-electron chi connectivity index (χ1n) is 17.2. The second-order valence-electron chi connectivity index (χ2n) is 16.1. The van der Waals surface area contributed by atoms with Crippen LogP contribution in [0.5, 0.6) is 0 Å². The summed E-state index contributed by atoms with van der Waals surface area (Å²) in [6, 6.07) is -0.804. The van der Waals surface area contributed by atoms with Gasteiger partial charge in [0, 0.05) is 57.2 Å². The van der Waals surface area contributed by atoms with Crippen LogP contribution in [0, 0.1) is 28.6 Å². The molecule has 5 aliphatic rings. The molecular formula is C34H56N4O6. The largest absolute Gasteiger partial charge is 0.444 e. The Bertz CT molecular complexity index is 1080. The number of hydrogen-bond acceptors (Lipinski definition) is 6. The maximum atomic E-state index is 14.2. The monoisotopic (exact) mass is 616 g/mol. The minimum atomic E-state index is -0.804. The lowest BCUT2D eigenvalue weighted by Crippen LogP contribution is -2.65. The third-order valence-electron chi connectivity index (χ3n) is 10.8. The van der Waals surface area contributed by atoms with Gasteiger partial charge in [-0.3, -0.25) is 14.4 Å². The van der Waals surface area contributed by atoms with Gasteiger partial charge in [-0.1, -0.05) is 33.1 Å². The highest BCUT2D eigenvalue weighted by Gasteiger charge is 2.62. The second kappa shape index (κ2) is 12.8. The van der Waals surface area contributed by atoms with Crippen molar-refractivity contribution in [1.82, 2.24) is 20.0 Å². The molecule has 4 atom stereocenters. The highest BCUT2D eigenvalue weighted by atomic mass is 16.6. The number of nitrogens with one attached hydrogen (secondary N) is 1. The molecule has 3 saturated heterocycles. The van der Waals surface area contributed by atoms with E-state index in [2.05, 4.69) is 19.2 Å². The van der Waals surface area contributed by atoms with Gasteiger partial charge < -0.3 is 29.5 Å². The first-order valence-corrected chi connectivity index (χ1v) is 17.2. The number of amides is 4. The van der Waals surface area contributed by atoms with Crippen LogP contribution in [0.4, 0.5) is 4.79 Å². The fraction of sp³-hybridized carbons (Fsp3) is 0.882. The number of carbonyl (C=O) groups excluding carboxylic acids is 4. The van der Waals surface area contributed by atoms with Crippen LogP contribution in [0.3, 0.4) is 0 Å². The van der Waals surface area contributed by atoms with Crippen molar-refractivity contribution in [3.8, 4) is 0 Å². The fourth-order valence-electron chi connectivity index (χ4n) is 7.78. The fourth-order valence-corrected chi connectivity index (χ4v) is 7.78. The molecular weight excluding hydrogens is 560 g/mol. The first kappa shape index (κ1) is 33.0. The zero-order chi connectivity index (χ0) is 31.9. The minimum absolute atomic E-state index is 0.0178. The van der Waals surface area contributed by atoms with Crippen molar-refractivity contribution in [1.29, 1.82) is 0 Å². The van der Waals surface area contributed by atoms with E-state index in [-0.39, 0.29) is 35.6 Å². The van der Waals surface area contributed by atoms with Crippen LogP contribution in [0.15, 0.2) is 0 Å². The number of piperidine rings is 1. The minimum Gasteiger partial charge on any atom is -0.444 e. The summed E-state index contributed by atoms with van der Waals surface area (Å²) in [4.78, 5) is 59.8. The molecule has 0 aromatic heterocycles. The van der Waals surface area contributed by atoms with Gasteiger partial charge in [-0.05, 0) is 77.6 Å². The molecule has 3 heterocycles. The summed E-state index contributed by atoms with van der Waals surface area (Å²) in [5, 5.41) is 3.13. The molecule has 2 aliphatic carbocycles. The van der Waals surface area contributed by atoms with Gasteiger partial charge in [0.1, 0.15) is 11.6 Å². The van der Waals surface area contributed by atoms with Gasteiger partial charge in [0.15, 0.2) is 0 Å². The zero-order valence-corrected chi connectivity index (χ0v) is 28.0. The molecule has 4 amide bonds. The van der Waals surface area contributed by atoms with Crippen LogP contribution >= 0.6 is 0 Å². The van der Waals surface area contributed by atoms with E-state index < -0.39 is 35.2 Å². The maximum absolute atomic E-state index is 14.2. The molecule has 2 saturated carbocycles. The number of hydrogen-bond donors (Lipinski definition) is 1. The Morgan fingerprint density at radius 2 is 1.45 bits per heavy atom. The highest BCUT2D eigenvalue weighted by Crippen LogP contribution is 2.54. The standard InChI is InChI=1S/C34H56N4O6/c1-23(43-19-24-13-9-7-10-14-24)27(30(41)36-15-11-8-12-16-36)35-28(39)26-18-37(31(42)44-32(2,3)4)20-34(26)21-38(22-34)29(40)25-17-33(25,5)6/h23-27H,7-22H2,1-6H3,(H,35,39)/t23-,25-,26+,27+/m1/s1. The third-order valence-corrected chi connectivity index (χ3v) is 10.8. The average molecular weight is 617 g/mol. The van der Waals surface area contributed by atoms with Crippen LogP contribution in [-0.4, -0.2) is 102 Å². The van der Waals surface area contributed by atoms with E-state index in [0.717, 1.165) is 38.5 Å². The van der Waals surface area contributed by atoms with Crippen molar-refractivity contribution >= 4 is 23.8 Å². The molecule has 10 nitrogen and oxygen atoms in total. The van der Waals surface area contributed by atoms with Crippen LogP contribution < -0.4 is 5.32 Å². The molecule has 1 spiro atoms. The number of likely N-dealkylation sites (tertiary alicyclic amines) is 3. The van der Waals surface area contributed by atoms with Crippen molar-refractivity contribution in [2.45, 2.75) is 117 Å². The predicted octanol–water partition coefficient (Wildman–Crippen LogP) is 4.21. The van der Waals surface area contributed by atoms with Gasteiger partial charge in [-0.25, -0.2) is 4.79 Å². The smallest absolute Gasteiger partial charge is 0.410 e. The summed E-state index contributed by atoms with van der Waals surface area (Å²) in [5.74, 6) is -0.260. The predicted molar refractivity (Wildman–Crippen MR) is 167 cm³/mol. The molecule has 0 unspecified atom stereocenters. The van der Waals surface area contributed by atoms with Crippen molar-refractivity contribution in [2.24, 2.45) is 28.6 Å². The Morgan fingerprint density at radius 1 is 0.864 bits per heavy atom. The molecule has 10 heteroatoms. The normalized spacial score (nSPS) is 27.8. The summed E-state index contributed by atoms with van der Waals surface area (Å²) in [6.07, 6.45) is 8.94. The number of nitrogens with zero attached hydrogens (tertiary/aromatic N) is 3. The summed E-state index contributed by atoms with van der Waals surface area (Å²) in [6.45, 7) is 15.0. The third kappa shape index (κ3) is 7.37. The molecule has 44 heavy (non-hydrogen) atoms. The van der Waals surface area contributed by atoms with Gasteiger partial charge >= 0.3 is 6.09 Å². The van der Waals surface area contributed by atoms with E-state index >= 15 is 0 Å². The Kier molecular flexibility index (Phi) is 9.60. The molecule has 0 bridgehead atoms. The molecule has 1 N–H and O–H groups in total. The quantitative estimate of drug-likeness (QED) is 0.438.